The minimum absolute atomic E-state index is 0.0264. The molecule has 3 heterocycles. The SMILES string of the molecule is N#Cc1c(Oc2ccc3c(c2)C2=NCC(CCCS(N)(=O)=O)CN2C=N3)ccnc1Cl. The highest BCUT2D eigenvalue weighted by Gasteiger charge is 2.27. The Morgan fingerprint density at radius 3 is 2.97 bits per heavy atom. The number of nitrogens with two attached hydrogens (primary N) is 1. The molecule has 2 aromatic rings. The smallest absolute Gasteiger partial charge is 0.209 e. The van der Waals surface area contributed by atoms with Gasteiger partial charge in [-0.2, -0.15) is 5.26 Å². The maximum atomic E-state index is 11.1. The Kier molecular flexibility index (Phi) is 5.91. The third-order valence-electron chi connectivity index (χ3n) is 5.02. The van der Waals surface area contributed by atoms with Gasteiger partial charge >= 0.3 is 0 Å². The number of amidine groups is 1. The number of primary sulfonamides is 1. The third-order valence-corrected chi connectivity index (χ3v) is 6.16. The second-order valence-electron chi connectivity index (χ2n) is 7.30. The molecule has 2 aliphatic heterocycles. The normalized spacial score (nSPS) is 17.4. The van der Waals surface area contributed by atoms with Crippen molar-refractivity contribution in [1.82, 2.24) is 9.88 Å². The predicted octanol–water partition coefficient (Wildman–Crippen LogP) is 2.82. The zero-order valence-electron chi connectivity index (χ0n) is 16.4. The van der Waals surface area contributed by atoms with E-state index in [0.29, 0.717) is 37.4 Å². The summed E-state index contributed by atoms with van der Waals surface area (Å²) in [5.74, 6) is 1.81. The van der Waals surface area contributed by atoms with Crippen molar-refractivity contribution in [3.05, 3.63) is 46.7 Å². The van der Waals surface area contributed by atoms with Crippen LogP contribution in [0.2, 0.25) is 5.15 Å². The molecule has 160 valence electrons. The van der Waals surface area contributed by atoms with E-state index in [4.69, 9.17) is 26.5 Å². The van der Waals surface area contributed by atoms with Crippen molar-refractivity contribution in [3.8, 4) is 17.6 Å². The van der Waals surface area contributed by atoms with Gasteiger partial charge in [0.1, 0.15) is 29.0 Å². The van der Waals surface area contributed by atoms with Crippen LogP contribution in [0.25, 0.3) is 0 Å². The number of aliphatic imine (C=N–C) groups is 2. The highest BCUT2D eigenvalue weighted by Crippen LogP contribution is 2.34. The molecule has 0 radical (unpaired) electrons. The minimum atomic E-state index is -3.45. The molecule has 1 aromatic heterocycles. The van der Waals surface area contributed by atoms with E-state index in [1.54, 1.807) is 18.5 Å². The quantitative estimate of drug-likeness (QED) is 0.661. The molecule has 1 aromatic carbocycles. The zero-order valence-corrected chi connectivity index (χ0v) is 18.0. The lowest BCUT2D eigenvalue weighted by Gasteiger charge is -2.33. The monoisotopic (exact) mass is 458 g/mol. The number of hydrogen-bond acceptors (Lipinski definition) is 8. The van der Waals surface area contributed by atoms with Crippen LogP contribution in [0.3, 0.4) is 0 Å². The lowest BCUT2D eigenvalue weighted by molar-refractivity contribution is 0.390. The number of benzene rings is 1. The minimum Gasteiger partial charge on any atom is -0.456 e. The Morgan fingerprint density at radius 2 is 2.19 bits per heavy atom. The molecule has 9 nitrogen and oxygen atoms in total. The Morgan fingerprint density at radius 1 is 1.35 bits per heavy atom. The van der Waals surface area contributed by atoms with Crippen LogP contribution in [0, 0.1) is 17.2 Å². The number of nitriles is 1. The Bertz CT molecular complexity index is 1220. The largest absolute Gasteiger partial charge is 0.456 e. The number of ether oxygens (including phenoxy) is 1. The van der Waals surface area contributed by atoms with Crippen LogP contribution in [0.1, 0.15) is 24.0 Å². The molecule has 0 fully saturated rings. The van der Waals surface area contributed by atoms with Gasteiger partial charge in [0.15, 0.2) is 5.15 Å². The Balaban J connectivity index is 1.53. The average molecular weight is 459 g/mol. The second-order valence-corrected chi connectivity index (χ2v) is 9.40. The summed E-state index contributed by atoms with van der Waals surface area (Å²) in [6, 6.07) is 9.00. The van der Waals surface area contributed by atoms with Crippen LogP contribution in [0.15, 0.2) is 40.4 Å². The molecule has 0 aliphatic carbocycles. The van der Waals surface area contributed by atoms with Gasteiger partial charge in [-0.3, -0.25) is 4.99 Å². The molecule has 0 spiro atoms. The fourth-order valence-corrected chi connectivity index (χ4v) is 4.32. The number of rotatable bonds is 6. The van der Waals surface area contributed by atoms with E-state index >= 15 is 0 Å². The van der Waals surface area contributed by atoms with Crippen molar-refractivity contribution in [1.29, 1.82) is 5.26 Å². The summed E-state index contributed by atoms with van der Waals surface area (Å²) in [5.41, 5.74) is 1.75. The van der Waals surface area contributed by atoms with Gasteiger partial charge in [-0.1, -0.05) is 11.6 Å². The van der Waals surface area contributed by atoms with Gasteiger partial charge in [0.05, 0.1) is 17.8 Å². The van der Waals surface area contributed by atoms with Gasteiger partial charge in [0.25, 0.3) is 0 Å². The van der Waals surface area contributed by atoms with Crippen molar-refractivity contribution < 1.29 is 13.2 Å². The number of halogens is 1. The van der Waals surface area contributed by atoms with Gasteiger partial charge in [-0.05, 0) is 37.0 Å². The van der Waals surface area contributed by atoms with Crippen molar-refractivity contribution in [2.75, 3.05) is 18.8 Å². The van der Waals surface area contributed by atoms with E-state index in [9.17, 15) is 13.7 Å². The van der Waals surface area contributed by atoms with Gasteiger partial charge < -0.3 is 9.64 Å². The molecule has 1 unspecified atom stereocenters. The maximum Gasteiger partial charge on any atom is 0.209 e. The number of pyridine rings is 1. The Labute approximate surface area is 184 Å². The van der Waals surface area contributed by atoms with Gasteiger partial charge in [0, 0.05) is 30.9 Å². The zero-order chi connectivity index (χ0) is 22.0. The highest BCUT2D eigenvalue weighted by molar-refractivity contribution is 7.89. The summed E-state index contributed by atoms with van der Waals surface area (Å²) in [6.07, 6.45) is 4.44. The standard InChI is InChI=1S/C20H19ClN6O3S/c21-19-16(9-22)18(5-6-24-19)30-14-3-4-17-15(8-14)20-25-10-13(11-27(20)12-26-17)2-1-7-31(23,28)29/h3-6,8,12-13H,1-2,7,10-11H2,(H2,23,28,29). The predicted molar refractivity (Wildman–Crippen MR) is 117 cm³/mol. The molecule has 31 heavy (non-hydrogen) atoms. The van der Waals surface area contributed by atoms with Crippen LogP contribution in [0.4, 0.5) is 5.69 Å². The average Bonchev–Trinajstić information content (AvgIpc) is 2.73. The fraction of sp³-hybridized carbons (Fsp3) is 0.300. The molecule has 4 rings (SSSR count). The highest BCUT2D eigenvalue weighted by atomic mass is 35.5. The summed E-state index contributed by atoms with van der Waals surface area (Å²) in [4.78, 5) is 15.1. The Hall–Kier alpha value is -3.00. The van der Waals surface area contributed by atoms with E-state index in [1.807, 2.05) is 23.1 Å². The summed E-state index contributed by atoms with van der Waals surface area (Å²) >= 11 is 5.98. The first-order chi connectivity index (χ1) is 14.8. The maximum absolute atomic E-state index is 11.1. The van der Waals surface area contributed by atoms with Crippen LogP contribution < -0.4 is 9.88 Å². The third kappa shape index (κ3) is 4.85. The van der Waals surface area contributed by atoms with Crippen LogP contribution in [-0.4, -0.2) is 49.3 Å². The molecule has 1 atom stereocenters. The van der Waals surface area contributed by atoms with E-state index < -0.39 is 10.0 Å². The van der Waals surface area contributed by atoms with E-state index in [-0.39, 0.29) is 22.4 Å². The van der Waals surface area contributed by atoms with E-state index in [2.05, 4.69) is 9.98 Å². The topological polar surface area (TPSA) is 134 Å². The van der Waals surface area contributed by atoms with Gasteiger partial charge in [-0.25, -0.2) is 23.5 Å². The number of sulfonamides is 1. The lowest BCUT2D eigenvalue weighted by Crippen LogP contribution is -2.41. The van der Waals surface area contributed by atoms with Gasteiger partial charge in [-0.15, -0.1) is 0 Å². The first kappa shape index (κ1) is 21.2. The van der Waals surface area contributed by atoms with Crippen molar-refractivity contribution in [2.24, 2.45) is 21.0 Å². The second kappa shape index (κ2) is 8.63. The van der Waals surface area contributed by atoms with Crippen LogP contribution in [0.5, 0.6) is 11.5 Å². The van der Waals surface area contributed by atoms with Crippen molar-refractivity contribution in [3.63, 3.8) is 0 Å². The molecule has 2 aliphatic rings. The molecular weight excluding hydrogens is 440 g/mol. The van der Waals surface area contributed by atoms with Gasteiger partial charge in [0.2, 0.25) is 10.0 Å². The van der Waals surface area contributed by atoms with Crippen LogP contribution in [-0.2, 0) is 10.0 Å². The number of nitrogens with zero attached hydrogens (tertiary/aromatic N) is 5. The first-order valence-corrected chi connectivity index (χ1v) is 11.7. The molecule has 0 saturated heterocycles. The molecular formula is C20H19ClN6O3S. The lowest BCUT2D eigenvalue weighted by atomic mass is 9.99. The number of aromatic nitrogens is 1. The summed E-state index contributed by atoms with van der Waals surface area (Å²) in [7, 11) is -3.45. The summed E-state index contributed by atoms with van der Waals surface area (Å²) in [5, 5.41) is 14.5. The molecule has 2 N–H and O–H groups in total. The number of hydrogen-bond donors (Lipinski definition) is 1. The molecule has 11 heteroatoms. The fourth-order valence-electron chi connectivity index (χ4n) is 3.56. The molecule has 0 saturated carbocycles. The number of fused-ring (bicyclic) bond motifs is 3. The van der Waals surface area contributed by atoms with E-state index in [0.717, 1.165) is 17.1 Å². The summed E-state index contributed by atoms with van der Waals surface area (Å²) < 4.78 is 28.2. The van der Waals surface area contributed by atoms with Crippen LogP contribution >= 0.6 is 11.6 Å². The molecule has 0 amide bonds. The first-order valence-electron chi connectivity index (χ1n) is 9.56. The molecule has 0 bridgehead atoms. The van der Waals surface area contributed by atoms with Crippen molar-refractivity contribution >= 4 is 39.5 Å². The van der Waals surface area contributed by atoms with Crippen molar-refractivity contribution in [2.45, 2.75) is 12.8 Å². The summed E-state index contributed by atoms with van der Waals surface area (Å²) in [6.45, 7) is 1.28. The van der Waals surface area contributed by atoms with E-state index in [1.165, 1.54) is 6.20 Å².